The summed E-state index contributed by atoms with van der Waals surface area (Å²) in [6, 6.07) is -0.0918. The van der Waals surface area contributed by atoms with Gasteiger partial charge in [-0.2, -0.15) is 0 Å². The van der Waals surface area contributed by atoms with Crippen LogP contribution >= 0.6 is 12.4 Å². The molecule has 0 heterocycles. The molecule has 2 nitrogen and oxygen atoms in total. The first-order valence-corrected chi connectivity index (χ1v) is 3.07. The minimum absolute atomic E-state index is 0. The third-order valence-corrected chi connectivity index (χ3v) is 1.05. The van der Waals surface area contributed by atoms with Crippen LogP contribution < -0.4 is 5.73 Å². The molecule has 0 aliphatic heterocycles. The molecule has 0 aliphatic rings. The van der Waals surface area contributed by atoms with Crippen LogP contribution in [0.15, 0.2) is 0 Å². The normalized spacial score (nSPS) is 10.7. The number of nitrogens with two attached hydrogens (primary N) is 1. The third kappa shape index (κ3) is 7.77. The largest absolute Gasteiger partial charge is 0.395 e. The topological polar surface area (TPSA) is 46.2 Å². The maximum absolute atomic E-state index is 8.46. The summed E-state index contributed by atoms with van der Waals surface area (Å²) in [5.41, 5.74) is 5.40. The van der Waals surface area contributed by atoms with E-state index in [0.717, 1.165) is 12.8 Å². The molecule has 0 saturated carbocycles. The third-order valence-electron chi connectivity index (χ3n) is 1.05. The van der Waals surface area contributed by atoms with E-state index in [4.69, 9.17) is 10.8 Å². The lowest BCUT2D eigenvalue weighted by molar-refractivity contribution is 0.261. The zero-order valence-electron chi connectivity index (χ0n) is 6.13. The zero-order chi connectivity index (χ0) is 7.11. The van der Waals surface area contributed by atoms with E-state index in [1.54, 1.807) is 6.92 Å². The summed E-state index contributed by atoms with van der Waals surface area (Å²) in [5, 5.41) is 8.46. The molecule has 0 aromatic carbocycles. The van der Waals surface area contributed by atoms with Crippen LogP contribution in [0.2, 0.25) is 0 Å². The first-order valence-electron chi connectivity index (χ1n) is 3.07. The van der Waals surface area contributed by atoms with E-state index in [2.05, 4.69) is 11.8 Å². The highest BCUT2D eigenvalue weighted by molar-refractivity contribution is 5.85. The molecule has 0 bridgehead atoms. The Morgan fingerprint density at radius 2 is 2.20 bits per heavy atom. The molecule has 1 atom stereocenters. The molecular formula is C7H14ClNO. The van der Waals surface area contributed by atoms with Crippen LogP contribution in [0.25, 0.3) is 0 Å². The van der Waals surface area contributed by atoms with Crippen LogP contribution in [0.3, 0.4) is 0 Å². The molecule has 0 fully saturated rings. The number of halogens is 1. The molecule has 0 aliphatic carbocycles. The Hall–Kier alpha value is -0.230. The summed E-state index contributed by atoms with van der Waals surface area (Å²) in [6.07, 6.45) is 1.58. The fourth-order valence-electron chi connectivity index (χ4n) is 0.474. The van der Waals surface area contributed by atoms with Crippen molar-refractivity contribution in [1.29, 1.82) is 0 Å². The lowest BCUT2D eigenvalue weighted by Gasteiger charge is -2.02. The van der Waals surface area contributed by atoms with Gasteiger partial charge in [-0.05, 0) is 13.3 Å². The molecule has 0 radical (unpaired) electrons. The minimum Gasteiger partial charge on any atom is -0.395 e. The van der Waals surface area contributed by atoms with Crippen molar-refractivity contribution in [3.63, 3.8) is 0 Å². The summed E-state index contributed by atoms with van der Waals surface area (Å²) in [7, 11) is 0. The maximum Gasteiger partial charge on any atom is 0.0582 e. The van der Waals surface area contributed by atoms with E-state index in [1.807, 2.05) is 0 Å². The molecule has 0 saturated heterocycles. The Balaban J connectivity index is 0. The fourth-order valence-corrected chi connectivity index (χ4v) is 0.474. The first-order chi connectivity index (χ1) is 4.31. The predicted octanol–water partition coefficient (Wildman–Crippen LogP) is 0.531. The number of rotatable bonds is 3. The highest BCUT2D eigenvalue weighted by Crippen LogP contribution is 1.90. The summed E-state index contributed by atoms with van der Waals surface area (Å²) in [4.78, 5) is 0. The van der Waals surface area contributed by atoms with Gasteiger partial charge in [-0.25, -0.2) is 0 Å². The lowest BCUT2D eigenvalue weighted by Crippen LogP contribution is -2.23. The van der Waals surface area contributed by atoms with Crippen molar-refractivity contribution >= 4 is 12.4 Å². The predicted molar refractivity (Wildman–Crippen MR) is 45.0 cm³/mol. The van der Waals surface area contributed by atoms with Gasteiger partial charge in [0.05, 0.1) is 6.61 Å². The van der Waals surface area contributed by atoms with E-state index in [-0.39, 0.29) is 25.1 Å². The van der Waals surface area contributed by atoms with Gasteiger partial charge in [0, 0.05) is 12.5 Å². The average Bonchev–Trinajstić information content (AvgIpc) is 1.89. The van der Waals surface area contributed by atoms with Gasteiger partial charge < -0.3 is 10.8 Å². The standard InChI is InChI=1S/C7H13NO.ClH/c1-2-3-4-5-7(8)6-9;/h7,9H,4-6,8H2,1H3;1H/t7-;/m0./s1. The van der Waals surface area contributed by atoms with Crippen molar-refractivity contribution in [1.82, 2.24) is 0 Å². The van der Waals surface area contributed by atoms with Gasteiger partial charge in [-0.1, -0.05) is 0 Å². The van der Waals surface area contributed by atoms with Gasteiger partial charge in [0.1, 0.15) is 0 Å². The van der Waals surface area contributed by atoms with Crippen molar-refractivity contribution in [3.8, 4) is 11.8 Å². The quantitative estimate of drug-likeness (QED) is 0.597. The zero-order valence-corrected chi connectivity index (χ0v) is 6.95. The van der Waals surface area contributed by atoms with Crippen LogP contribution in [0.4, 0.5) is 0 Å². The highest BCUT2D eigenvalue weighted by atomic mass is 35.5. The number of aliphatic hydroxyl groups is 1. The van der Waals surface area contributed by atoms with Crippen molar-refractivity contribution in [2.24, 2.45) is 5.73 Å². The molecule has 3 heteroatoms. The van der Waals surface area contributed by atoms with E-state index in [0.29, 0.717) is 0 Å². The number of hydrogen-bond acceptors (Lipinski definition) is 2. The maximum atomic E-state index is 8.46. The average molecular weight is 164 g/mol. The van der Waals surface area contributed by atoms with Crippen LogP contribution in [-0.4, -0.2) is 17.8 Å². The summed E-state index contributed by atoms with van der Waals surface area (Å²) < 4.78 is 0. The van der Waals surface area contributed by atoms with Crippen molar-refractivity contribution in [2.45, 2.75) is 25.8 Å². The van der Waals surface area contributed by atoms with E-state index < -0.39 is 0 Å². The van der Waals surface area contributed by atoms with Gasteiger partial charge in [0.15, 0.2) is 0 Å². The second kappa shape index (κ2) is 8.77. The van der Waals surface area contributed by atoms with Gasteiger partial charge in [-0.15, -0.1) is 24.2 Å². The van der Waals surface area contributed by atoms with E-state index >= 15 is 0 Å². The molecule has 3 N–H and O–H groups in total. The van der Waals surface area contributed by atoms with Crippen molar-refractivity contribution in [2.75, 3.05) is 6.61 Å². The molecule has 10 heavy (non-hydrogen) atoms. The van der Waals surface area contributed by atoms with E-state index in [1.165, 1.54) is 0 Å². The summed E-state index contributed by atoms with van der Waals surface area (Å²) >= 11 is 0. The van der Waals surface area contributed by atoms with Crippen molar-refractivity contribution < 1.29 is 5.11 Å². The van der Waals surface area contributed by atoms with Crippen LogP contribution in [0.5, 0.6) is 0 Å². The molecule has 60 valence electrons. The molecule has 0 unspecified atom stereocenters. The number of aliphatic hydroxyl groups excluding tert-OH is 1. The fraction of sp³-hybridized carbons (Fsp3) is 0.714. The molecule has 0 spiro atoms. The Morgan fingerprint density at radius 1 is 1.60 bits per heavy atom. The van der Waals surface area contributed by atoms with Crippen LogP contribution in [0.1, 0.15) is 19.8 Å². The van der Waals surface area contributed by atoms with Gasteiger partial charge in [0.25, 0.3) is 0 Å². The molecule has 0 amide bonds. The smallest absolute Gasteiger partial charge is 0.0582 e. The van der Waals surface area contributed by atoms with Crippen molar-refractivity contribution in [3.05, 3.63) is 0 Å². The Kier molecular flexibility index (Phi) is 10.9. The second-order valence-electron chi connectivity index (χ2n) is 1.91. The number of hydrogen-bond donors (Lipinski definition) is 2. The van der Waals surface area contributed by atoms with Gasteiger partial charge >= 0.3 is 0 Å². The minimum atomic E-state index is -0.0918. The molecule has 0 rings (SSSR count). The molecule has 0 aromatic rings. The highest BCUT2D eigenvalue weighted by Gasteiger charge is 1.95. The summed E-state index contributed by atoms with van der Waals surface area (Å²) in [6.45, 7) is 1.86. The summed E-state index contributed by atoms with van der Waals surface area (Å²) in [5.74, 6) is 5.63. The SMILES string of the molecule is CC#CCC[C@H](N)CO.Cl. The molecule has 0 aromatic heterocycles. The monoisotopic (exact) mass is 163 g/mol. The Labute approximate surface area is 68.2 Å². The molecular weight excluding hydrogens is 150 g/mol. The second-order valence-corrected chi connectivity index (χ2v) is 1.91. The van der Waals surface area contributed by atoms with Crippen LogP contribution in [-0.2, 0) is 0 Å². The van der Waals surface area contributed by atoms with E-state index in [9.17, 15) is 0 Å². The Bertz CT molecular complexity index is 117. The van der Waals surface area contributed by atoms with Crippen LogP contribution in [0, 0.1) is 11.8 Å². The lowest BCUT2D eigenvalue weighted by atomic mass is 10.2. The van der Waals surface area contributed by atoms with Gasteiger partial charge in [0.2, 0.25) is 0 Å². The Morgan fingerprint density at radius 3 is 2.60 bits per heavy atom. The van der Waals surface area contributed by atoms with Gasteiger partial charge in [-0.3, -0.25) is 0 Å². The first kappa shape index (κ1) is 12.4.